The summed E-state index contributed by atoms with van der Waals surface area (Å²) in [4.78, 5) is 11.9. The highest BCUT2D eigenvalue weighted by molar-refractivity contribution is 9.10. The van der Waals surface area contributed by atoms with Crippen LogP contribution in [0.15, 0.2) is 16.6 Å². The lowest BCUT2D eigenvalue weighted by Crippen LogP contribution is -2.35. The molecule has 0 saturated carbocycles. The molecule has 1 aromatic carbocycles. The first-order chi connectivity index (χ1) is 8.47. The lowest BCUT2D eigenvalue weighted by Gasteiger charge is -2.13. The topological polar surface area (TPSA) is 61.4 Å². The molecule has 0 spiro atoms. The van der Waals surface area contributed by atoms with Gasteiger partial charge in [-0.25, -0.2) is 0 Å². The predicted octanol–water partition coefficient (Wildman–Crippen LogP) is 2.42. The zero-order valence-corrected chi connectivity index (χ0v) is 12.3. The number of hydrogen-bond acceptors (Lipinski definition) is 3. The maximum absolute atomic E-state index is 11.9. The molecule has 3 N–H and O–H groups in total. The van der Waals surface area contributed by atoms with Crippen LogP contribution < -0.4 is 10.6 Å². The summed E-state index contributed by atoms with van der Waals surface area (Å²) in [5.41, 5.74) is 0.384. The quantitative estimate of drug-likeness (QED) is 0.765. The van der Waals surface area contributed by atoms with Gasteiger partial charge in [0, 0.05) is 11.0 Å². The lowest BCUT2D eigenvalue weighted by molar-refractivity contribution is -0.117. The van der Waals surface area contributed by atoms with Crippen LogP contribution in [0.2, 0.25) is 10.0 Å². The Balaban J connectivity index is 2.12. The van der Waals surface area contributed by atoms with Crippen molar-refractivity contribution < 1.29 is 9.90 Å². The number of benzene rings is 1. The Kier molecular flexibility index (Phi) is 4.50. The van der Waals surface area contributed by atoms with Crippen LogP contribution in [0.3, 0.4) is 0 Å². The fourth-order valence-electron chi connectivity index (χ4n) is 1.79. The number of carbonyl (C=O) groups excluding carboxylic acids is 1. The summed E-state index contributed by atoms with van der Waals surface area (Å²) in [6, 6.07) is 2.88. The third-order valence-electron chi connectivity index (χ3n) is 2.68. The van der Waals surface area contributed by atoms with E-state index in [1.165, 1.54) is 0 Å². The molecule has 1 amide bonds. The molecule has 2 rings (SSSR count). The van der Waals surface area contributed by atoms with Gasteiger partial charge in [-0.1, -0.05) is 39.1 Å². The van der Waals surface area contributed by atoms with Gasteiger partial charge in [0.15, 0.2) is 0 Å². The zero-order valence-electron chi connectivity index (χ0n) is 9.21. The Morgan fingerprint density at radius 2 is 2.06 bits per heavy atom. The molecule has 0 aromatic heterocycles. The van der Waals surface area contributed by atoms with E-state index in [9.17, 15) is 9.90 Å². The van der Waals surface area contributed by atoms with Gasteiger partial charge in [0.05, 0.1) is 27.9 Å². The molecule has 0 aliphatic carbocycles. The van der Waals surface area contributed by atoms with Gasteiger partial charge in [0.2, 0.25) is 5.91 Å². The highest BCUT2D eigenvalue weighted by atomic mass is 79.9. The minimum atomic E-state index is -0.489. The molecule has 0 bridgehead atoms. The van der Waals surface area contributed by atoms with Gasteiger partial charge < -0.3 is 15.7 Å². The van der Waals surface area contributed by atoms with E-state index in [0.717, 1.165) is 4.47 Å². The standard InChI is InChI=1S/C11H11BrCl2N2O2/c12-5-1-7(13)10(8(14)2-5)16-11(18)9-3-6(17)4-15-9/h1-2,6,9,15,17H,3-4H2,(H,16,18). The van der Waals surface area contributed by atoms with Crippen LogP contribution in [-0.4, -0.2) is 29.7 Å². The Bertz CT molecular complexity index is 461. The van der Waals surface area contributed by atoms with Crippen LogP contribution in [0.1, 0.15) is 6.42 Å². The van der Waals surface area contributed by atoms with E-state index in [2.05, 4.69) is 26.6 Å². The Hall–Kier alpha value is -0.330. The summed E-state index contributed by atoms with van der Waals surface area (Å²) in [5.74, 6) is -0.252. The molecule has 98 valence electrons. The molecule has 7 heteroatoms. The van der Waals surface area contributed by atoms with Crippen LogP contribution in [0, 0.1) is 0 Å². The second-order valence-electron chi connectivity index (χ2n) is 4.08. The first-order valence-corrected chi connectivity index (χ1v) is 6.89. The summed E-state index contributed by atoms with van der Waals surface area (Å²) in [6.45, 7) is 0.417. The summed E-state index contributed by atoms with van der Waals surface area (Å²) >= 11 is 15.3. The van der Waals surface area contributed by atoms with Crippen molar-refractivity contribution in [3.63, 3.8) is 0 Å². The third-order valence-corrected chi connectivity index (χ3v) is 3.73. The number of β-amino-alcohol motifs (C(OH)–C–C–N with tert-alkyl or cyclic N) is 1. The monoisotopic (exact) mass is 352 g/mol. The number of carbonyl (C=O) groups is 1. The third kappa shape index (κ3) is 3.16. The first kappa shape index (κ1) is 14.1. The maximum Gasteiger partial charge on any atom is 0.241 e. The van der Waals surface area contributed by atoms with Gasteiger partial charge in [-0.3, -0.25) is 4.79 Å². The minimum Gasteiger partial charge on any atom is -0.392 e. The molecule has 18 heavy (non-hydrogen) atoms. The second-order valence-corrected chi connectivity index (χ2v) is 5.81. The minimum absolute atomic E-state index is 0.252. The van der Waals surface area contributed by atoms with E-state index >= 15 is 0 Å². The molecule has 1 aliphatic heterocycles. The van der Waals surface area contributed by atoms with E-state index in [1.807, 2.05) is 0 Å². The Morgan fingerprint density at radius 3 is 2.56 bits per heavy atom. The van der Waals surface area contributed by atoms with Crippen LogP contribution in [-0.2, 0) is 4.79 Å². The lowest BCUT2D eigenvalue weighted by atomic mass is 10.2. The van der Waals surface area contributed by atoms with Crippen molar-refractivity contribution in [2.45, 2.75) is 18.6 Å². The Labute approximate surface area is 123 Å². The number of halogens is 3. The van der Waals surface area contributed by atoms with Crippen LogP contribution in [0.25, 0.3) is 0 Å². The van der Waals surface area contributed by atoms with Gasteiger partial charge in [-0.2, -0.15) is 0 Å². The van der Waals surface area contributed by atoms with E-state index in [0.29, 0.717) is 28.7 Å². The SMILES string of the molecule is O=C(Nc1c(Cl)cc(Br)cc1Cl)C1CC(O)CN1. The fraction of sp³-hybridized carbons (Fsp3) is 0.364. The number of rotatable bonds is 2. The van der Waals surface area contributed by atoms with Crippen molar-refractivity contribution in [2.75, 3.05) is 11.9 Å². The smallest absolute Gasteiger partial charge is 0.241 e. The summed E-state index contributed by atoms with van der Waals surface area (Å²) < 4.78 is 0.741. The molecule has 4 nitrogen and oxygen atoms in total. The van der Waals surface area contributed by atoms with E-state index < -0.39 is 12.1 Å². The van der Waals surface area contributed by atoms with Crippen molar-refractivity contribution in [2.24, 2.45) is 0 Å². The zero-order chi connectivity index (χ0) is 13.3. The van der Waals surface area contributed by atoms with Gasteiger partial charge in [-0.05, 0) is 18.6 Å². The van der Waals surface area contributed by atoms with Crippen molar-refractivity contribution in [1.29, 1.82) is 0 Å². The number of nitrogens with one attached hydrogen (secondary N) is 2. The van der Waals surface area contributed by atoms with Crippen LogP contribution in [0.5, 0.6) is 0 Å². The molecular formula is C11H11BrCl2N2O2. The molecule has 1 aromatic rings. The number of aliphatic hydroxyl groups is 1. The maximum atomic E-state index is 11.9. The summed E-state index contributed by atoms with van der Waals surface area (Å²) in [5, 5.41) is 15.7. The first-order valence-electron chi connectivity index (χ1n) is 5.34. The molecule has 1 heterocycles. The van der Waals surface area contributed by atoms with Gasteiger partial charge in [0.25, 0.3) is 0 Å². The average Bonchev–Trinajstić information content (AvgIpc) is 2.70. The summed E-state index contributed by atoms with van der Waals surface area (Å²) in [7, 11) is 0. The number of hydrogen-bond donors (Lipinski definition) is 3. The largest absolute Gasteiger partial charge is 0.392 e. The van der Waals surface area contributed by atoms with Gasteiger partial charge in [0.1, 0.15) is 0 Å². The summed E-state index contributed by atoms with van der Waals surface area (Å²) in [6.07, 6.45) is -0.103. The Morgan fingerprint density at radius 1 is 1.44 bits per heavy atom. The van der Waals surface area contributed by atoms with Crippen LogP contribution >= 0.6 is 39.1 Å². The van der Waals surface area contributed by atoms with E-state index in [-0.39, 0.29) is 5.91 Å². The van der Waals surface area contributed by atoms with E-state index in [4.69, 9.17) is 23.2 Å². The molecule has 0 radical (unpaired) electrons. The van der Waals surface area contributed by atoms with Crippen molar-refractivity contribution >= 4 is 50.7 Å². The average molecular weight is 354 g/mol. The molecule has 1 saturated heterocycles. The predicted molar refractivity (Wildman–Crippen MR) is 75.2 cm³/mol. The number of amides is 1. The highest BCUT2D eigenvalue weighted by Crippen LogP contribution is 2.34. The normalized spacial score (nSPS) is 23.1. The molecule has 2 atom stereocenters. The van der Waals surface area contributed by atoms with Gasteiger partial charge >= 0.3 is 0 Å². The van der Waals surface area contributed by atoms with Gasteiger partial charge in [-0.15, -0.1) is 0 Å². The van der Waals surface area contributed by atoms with Crippen molar-refractivity contribution in [3.8, 4) is 0 Å². The highest BCUT2D eigenvalue weighted by Gasteiger charge is 2.28. The molecule has 1 fully saturated rings. The number of anilines is 1. The van der Waals surface area contributed by atoms with Crippen LogP contribution in [0.4, 0.5) is 5.69 Å². The van der Waals surface area contributed by atoms with Crippen molar-refractivity contribution in [3.05, 3.63) is 26.7 Å². The molecule has 1 aliphatic rings. The molecule has 2 unspecified atom stereocenters. The second kappa shape index (κ2) is 5.75. The number of aliphatic hydroxyl groups excluding tert-OH is 1. The molecular weight excluding hydrogens is 343 g/mol. The van der Waals surface area contributed by atoms with Crippen molar-refractivity contribution in [1.82, 2.24) is 5.32 Å². The van der Waals surface area contributed by atoms with E-state index in [1.54, 1.807) is 12.1 Å². The fourth-order valence-corrected chi connectivity index (χ4v) is 3.09.